The van der Waals surface area contributed by atoms with Crippen LogP contribution in [-0.4, -0.2) is 27.3 Å². The quantitative estimate of drug-likeness (QED) is 0.490. The zero-order valence-corrected chi connectivity index (χ0v) is 18.5. The molecular weight excluding hydrogens is 452 g/mol. The van der Waals surface area contributed by atoms with E-state index in [1.807, 2.05) is 0 Å². The van der Waals surface area contributed by atoms with Gasteiger partial charge >= 0.3 is 0 Å². The van der Waals surface area contributed by atoms with E-state index in [0.717, 1.165) is 17.7 Å². The van der Waals surface area contributed by atoms with E-state index in [1.54, 1.807) is 31.2 Å². The fraction of sp³-hybridized carbons (Fsp3) is 0.130. The number of sulfonamides is 1. The Morgan fingerprint density at radius 3 is 2.18 bits per heavy atom. The van der Waals surface area contributed by atoms with Gasteiger partial charge in [-0.2, -0.15) is 0 Å². The number of halogens is 2. The number of hydrogen-bond acceptors (Lipinski definition) is 4. The summed E-state index contributed by atoms with van der Waals surface area (Å²) in [5, 5.41) is 4.80. The number of para-hydroxylation sites is 1. The molecule has 3 aromatic rings. The van der Waals surface area contributed by atoms with E-state index < -0.39 is 39.5 Å². The molecule has 0 heterocycles. The van der Waals surface area contributed by atoms with Gasteiger partial charge in [0, 0.05) is 12.6 Å². The molecule has 0 spiro atoms. The molecular formula is C23H21F2N3O4S. The second-order valence-corrected chi connectivity index (χ2v) is 8.82. The third-order valence-electron chi connectivity index (χ3n) is 4.88. The van der Waals surface area contributed by atoms with Crippen molar-refractivity contribution in [2.75, 3.05) is 11.8 Å². The Morgan fingerprint density at radius 2 is 1.58 bits per heavy atom. The highest BCUT2D eigenvalue weighted by Gasteiger charge is 2.24. The molecule has 172 valence electrons. The molecule has 3 N–H and O–H groups in total. The first-order valence-electron chi connectivity index (χ1n) is 9.78. The van der Waals surface area contributed by atoms with Crippen LogP contribution < -0.4 is 15.4 Å². The predicted octanol–water partition coefficient (Wildman–Crippen LogP) is 3.29. The van der Waals surface area contributed by atoms with Crippen molar-refractivity contribution in [3.63, 3.8) is 0 Å². The molecule has 3 aromatic carbocycles. The highest BCUT2D eigenvalue weighted by molar-refractivity contribution is 7.92. The van der Waals surface area contributed by atoms with Crippen LogP contribution in [0.1, 0.15) is 27.5 Å². The van der Waals surface area contributed by atoms with Crippen molar-refractivity contribution in [2.45, 2.75) is 17.9 Å². The molecule has 10 heteroatoms. The zero-order valence-electron chi connectivity index (χ0n) is 17.7. The Balaban J connectivity index is 1.80. The number of hydrogen-bond donors (Lipinski definition) is 3. The number of aryl methyl sites for hydroxylation is 1. The van der Waals surface area contributed by atoms with Crippen LogP contribution >= 0.6 is 0 Å². The van der Waals surface area contributed by atoms with Gasteiger partial charge in [-0.15, -0.1) is 0 Å². The van der Waals surface area contributed by atoms with Gasteiger partial charge in [-0.05, 0) is 60.5 Å². The SMILES string of the molecule is CNC(=O)C(NC(=O)c1ccc(S(=O)(=O)Nc2ccccc2C)cc1)c1ccc(F)c(F)c1. The fourth-order valence-electron chi connectivity index (χ4n) is 3.03. The van der Waals surface area contributed by atoms with Gasteiger partial charge in [-0.1, -0.05) is 24.3 Å². The minimum atomic E-state index is -3.89. The summed E-state index contributed by atoms with van der Waals surface area (Å²) in [6.07, 6.45) is 0. The fourth-order valence-corrected chi connectivity index (χ4v) is 4.16. The van der Waals surface area contributed by atoms with Gasteiger partial charge in [0.15, 0.2) is 11.6 Å². The van der Waals surface area contributed by atoms with Gasteiger partial charge < -0.3 is 10.6 Å². The number of benzene rings is 3. The van der Waals surface area contributed by atoms with Crippen LogP contribution in [0.5, 0.6) is 0 Å². The topological polar surface area (TPSA) is 104 Å². The number of amides is 2. The average molecular weight is 474 g/mol. The molecule has 0 aromatic heterocycles. The number of likely N-dealkylation sites (N-methyl/N-ethyl adjacent to an activating group) is 1. The first-order valence-corrected chi connectivity index (χ1v) is 11.3. The number of nitrogens with one attached hydrogen (secondary N) is 3. The lowest BCUT2D eigenvalue weighted by molar-refractivity contribution is -0.122. The molecule has 0 saturated heterocycles. The monoisotopic (exact) mass is 473 g/mol. The van der Waals surface area contributed by atoms with Crippen molar-refractivity contribution in [2.24, 2.45) is 0 Å². The maximum absolute atomic E-state index is 13.6. The van der Waals surface area contributed by atoms with E-state index in [4.69, 9.17) is 0 Å². The molecule has 2 amide bonds. The summed E-state index contributed by atoms with van der Waals surface area (Å²) in [7, 11) is -2.56. The highest BCUT2D eigenvalue weighted by Crippen LogP contribution is 2.21. The van der Waals surface area contributed by atoms with Gasteiger partial charge in [-0.3, -0.25) is 14.3 Å². The largest absolute Gasteiger partial charge is 0.357 e. The minimum absolute atomic E-state index is 0.0447. The summed E-state index contributed by atoms with van der Waals surface area (Å²) < 4.78 is 54.7. The van der Waals surface area contributed by atoms with Crippen molar-refractivity contribution < 1.29 is 26.8 Å². The molecule has 0 saturated carbocycles. The lowest BCUT2D eigenvalue weighted by atomic mass is 10.0. The van der Waals surface area contributed by atoms with Crippen molar-refractivity contribution in [3.05, 3.63) is 95.1 Å². The van der Waals surface area contributed by atoms with Crippen LogP contribution in [0.25, 0.3) is 0 Å². The van der Waals surface area contributed by atoms with Crippen molar-refractivity contribution in [3.8, 4) is 0 Å². The third-order valence-corrected chi connectivity index (χ3v) is 6.26. The highest BCUT2D eigenvalue weighted by atomic mass is 32.2. The maximum Gasteiger partial charge on any atom is 0.261 e. The lowest BCUT2D eigenvalue weighted by Gasteiger charge is -2.18. The lowest BCUT2D eigenvalue weighted by Crippen LogP contribution is -2.39. The van der Waals surface area contributed by atoms with E-state index in [-0.39, 0.29) is 16.0 Å². The summed E-state index contributed by atoms with van der Waals surface area (Å²) in [6, 6.07) is 13.5. The van der Waals surface area contributed by atoms with Crippen molar-refractivity contribution >= 4 is 27.5 Å². The average Bonchev–Trinajstić information content (AvgIpc) is 2.80. The first kappa shape index (κ1) is 23.9. The molecule has 3 rings (SSSR count). The summed E-state index contributed by atoms with van der Waals surface area (Å²) in [6.45, 7) is 1.77. The Morgan fingerprint density at radius 1 is 0.909 bits per heavy atom. The first-order chi connectivity index (χ1) is 15.6. The van der Waals surface area contributed by atoms with Crippen LogP contribution in [0.4, 0.5) is 14.5 Å². The second kappa shape index (κ2) is 9.78. The van der Waals surface area contributed by atoms with Gasteiger partial charge in [0.25, 0.3) is 15.9 Å². The molecule has 0 aliphatic heterocycles. The summed E-state index contributed by atoms with van der Waals surface area (Å²) >= 11 is 0. The Hall–Kier alpha value is -3.79. The predicted molar refractivity (Wildman–Crippen MR) is 119 cm³/mol. The number of carbonyl (C=O) groups is 2. The standard InChI is InChI=1S/C23H21F2N3O4S/c1-14-5-3-4-6-20(14)28-33(31,32)17-10-7-15(8-11-17)22(29)27-21(23(30)26-2)16-9-12-18(24)19(25)13-16/h3-13,21,28H,1-2H3,(H,26,30)(H,27,29). The third kappa shape index (κ3) is 5.53. The molecule has 1 atom stereocenters. The van der Waals surface area contributed by atoms with Gasteiger partial charge in [0.1, 0.15) is 6.04 Å². The summed E-state index contributed by atoms with van der Waals surface area (Å²) in [4.78, 5) is 24.8. The molecule has 1 unspecified atom stereocenters. The smallest absolute Gasteiger partial charge is 0.261 e. The van der Waals surface area contributed by atoms with Crippen LogP contribution in [0.2, 0.25) is 0 Å². The Labute approximate surface area is 189 Å². The summed E-state index contributed by atoms with van der Waals surface area (Å²) in [5.41, 5.74) is 1.29. The normalized spacial score (nSPS) is 12.0. The number of anilines is 1. The molecule has 0 fully saturated rings. The Bertz CT molecular complexity index is 1300. The van der Waals surface area contributed by atoms with E-state index >= 15 is 0 Å². The summed E-state index contributed by atoms with van der Waals surface area (Å²) in [5.74, 6) is -3.59. The molecule has 0 bridgehead atoms. The van der Waals surface area contributed by atoms with Crippen LogP contribution in [0.3, 0.4) is 0 Å². The van der Waals surface area contributed by atoms with Gasteiger partial charge in [-0.25, -0.2) is 17.2 Å². The van der Waals surface area contributed by atoms with E-state index in [1.165, 1.54) is 37.4 Å². The second-order valence-electron chi connectivity index (χ2n) is 7.14. The molecule has 0 aliphatic rings. The molecule has 0 radical (unpaired) electrons. The van der Waals surface area contributed by atoms with E-state index in [9.17, 15) is 26.8 Å². The molecule has 7 nitrogen and oxygen atoms in total. The van der Waals surface area contributed by atoms with Crippen molar-refractivity contribution in [1.29, 1.82) is 0 Å². The number of rotatable bonds is 7. The zero-order chi connectivity index (χ0) is 24.2. The Kier molecular flexibility index (Phi) is 7.07. The van der Waals surface area contributed by atoms with Crippen LogP contribution in [-0.2, 0) is 14.8 Å². The van der Waals surface area contributed by atoms with E-state index in [0.29, 0.717) is 5.69 Å². The van der Waals surface area contributed by atoms with E-state index in [2.05, 4.69) is 15.4 Å². The van der Waals surface area contributed by atoms with Crippen LogP contribution in [0, 0.1) is 18.6 Å². The molecule has 33 heavy (non-hydrogen) atoms. The van der Waals surface area contributed by atoms with Gasteiger partial charge in [0.05, 0.1) is 10.6 Å². The number of carbonyl (C=O) groups excluding carboxylic acids is 2. The minimum Gasteiger partial charge on any atom is -0.357 e. The maximum atomic E-state index is 13.6. The van der Waals surface area contributed by atoms with Crippen LogP contribution in [0.15, 0.2) is 71.6 Å². The van der Waals surface area contributed by atoms with Crippen molar-refractivity contribution in [1.82, 2.24) is 10.6 Å². The van der Waals surface area contributed by atoms with Gasteiger partial charge in [0.2, 0.25) is 5.91 Å². The molecule has 0 aliphatic carbocycles.